The third-order valence-corrected chi connectivity index (χ3v) is 2.63. The minimum atomic E-state index is 0.671. The van der Waals surface area contributed by atoms with Crippen molar-refractivity contribution < 1.29 is 0 Å². The first-order valence-corrected chi connectivity index (χ1v) is 5.56. The number of aromatic nitrogens is 4. The molecule has 0 aliphatic rings. The molecule has 0 fully saturated rings. The third-order valence-electron chi connectivity index (χ3n) is 2.63. The van der Waals surface area contributed by atoms with Crippen molar-refractivity contribution in [1.29, 1.82) is 0 Å². The van der Waals surface area contributed by atoms with Gasteiger partial charge < -0.3 is 10.3 Å². The first-order valence-electron chi connectivity index (χ1n) is 5.56. The topological polar surface area (TPSA) is 61.7 Å². The van der Waals surface area contributed by atoms with E-state index >= 15 is 0 Å². The van der Waals surface area contributed by atoms with Crippen molar-refractivity contribution in [3.8, 4) is 0 Å². The summed E-state index contributed by atoms with van der Waals surface area (Å²) in [5.74, 6) is 0.983. The van der Waals surface area contributed by atoms with Gasteiger partial charge in [0.15, 0.2) is 0 Å². The Bertz CT molecular complexity index is 443. The molecule has 2 aromatic rings. The summed E-state index contributed by atoms with van der Waals surface area (Å²) in [6, 6.07) is 4.14. The lowest BCUT2D eigenvalue weighted by molar-refractivity contribution is 0.585. The molecule has 0 bridgehead atoms. The van der Waals surface area contributed by atoms with E-state index in [1.165, 1.54) is 5.69 Å². The molecule has 86 valence electrons. The zero-order chi connectivity index (χ0) is 11.4. The largest absolute Gasteiger partial charge is 0.344 e. The van der Waals surface area contributed by atoms with Gasteiger partial charge in [0.1, 0.15) is 12.2 Å². The molecule has 0 radical (unpaired) electrons. The van der Waals surface area contributed by atoms with Crippen LogP contribution < -0.4 is 5.73 Å². The van der Waals surface area contributed by atoms with E-state index in [1.54, 1.807) is 6.33 Å². The van der Waals surface area contributed by atoms with E-state index in [0.717, 1.165) is 25.3 Å². The van der Waals surface area contributed by atoms with Gasteiger partial charge in [-0.05, 0) is 32.0 Å². The first kappa shape index (κ1) is 10.9. The average Bonchev–Trinajstić information content (AvgIpc) is 2.89. The Labute approximate surface area is 94.9 Å². The highest BCUT2D eigenvalue weighted by atomic mass is 15.3. The molecule has 0 spiro atoms. The van der Waals surface area contributed by atoms with Crippen molar-refractivity contribution in [3.63, 3.8) is 0 Å². The maximum absolute atomic E-state index is 5.57. The van der Waals surface area contributed by atoms with Gasteiger partial charge in [-0.3, -0.25) is 0 Å². The summed E-state index contributed by atoms with van der Waals surface area (Å²) in [6.45, 7) is 4.35. The van der Waals surface area contributed by atoms with Crippen molar-refractivity contribution in [2.24, 2.45) is 5.73 Å². The molecule has 0 saturated heterocycles. The quantitative estimate of drug-likeness (QED) is 0.803. The van der Waals surface area contributed by atoms with Gasteiger partial charge in [-0.25, -0.2) is 9.67 Å². The first-order chi connectivity index (χ1) is 7.85. The highest BCUT2D eigenvalue weighted by Gasteiger charge is 2.05. The SMILES string of the molecule is CCn1ncnc1Cn1cccc1CCN. The minimum Gasteiger partial charge on any atom is -0.344 e. The lowest BCUT2D eigenvalue weighted by Crippen LogP contribution is -2.12. The Morgan fingerprint density at radius 2 is 2.31 bits per heavy atom. The van der Waals surface area contributed by atoms with Crippen LogP contribution in [-0.2, 0) is 19.5 Å². The van der Waals surface area contributed by atoms with Crippen LogP contribution in [0.5, 0.6) is 0 Å². The van der Waals surface area contributed by atoms with Crippen molar-refractivity contribution in [1.82, 2.24) is 19.3 Å². The molecule has 5 heteroatoms. The summed E-state index contributed by atoms with van der Waals surface area (Å²) < 4.78 is 4.08. The normalized spacial score (nSPS) is 10.9. The van der Waals surface area contributed by atoms with E-state index in [-0.39, 0.29) is 0 Å². The van der Waals surface area contributed by atoms with Gasteiger partial charge in [-0.1, -0.05) is 0 Å². The Balaban J connectivity index is 2.17. The van der Waals surface area contributed by atoms with Crippen LogP contribution in [0, 0.1) is 0 Å². The number of aryl methyl sites for hydroxylation is 1. The van der Waals surface area contributed by atoms with E-state index in [1.807, 2.05) is 10.7 Å². The lowest BCUT2D eigenvalue weighted by Gasteiger charge is -2.08. The van der Waals surface area contributed by atoms with Gasteiger partial charge in [0.2, 0.25) is 0 Å². The Morgan fingerprint density at radius 1 is 1.44 bits per heavy atom. The Morgan fingerprint density at radius 3 is 3.06 bits per heavy atom. The maximum Gasteiger partial charge on any atom is 0.146 e. The molecule has 2 aromatic heterocycles. The molecular formula is C11H17N5. The van der Waals surface area contributed by atoms with Gasteiger partial charge in [-0.15, -0.1) is 0 Å². The summed E-state index contributed by atoms with van der Waals surface area (Å²) in [5.41, 5.74) is 6.82. The number of nitrogens with two attached hydrogens (primary N) is 1. The molecule has 2 N–H and O–H groups in total. The molecular weight excluding hydrogens is 202 g/mol. The van der Waals surface area contributed by atoms with Gasteiger partial charge in [0.05, 0.1) is 6.54 Å². The van der Waals surface area contributed by atoms with Crippen molar-refractivity contribution >= 4 is 0 Å². The molecule has 0 aliphatic carbocycles. The second-order valence-electron chi connectivity index (χ2n) is 3.66. The zero-order valence-corrected chi connectivity index (χ0v) is 9.50. The molecule has 0 amide bonds. The summed E-state index contributed by atoms with van der Waals surface area (Å²) in [6.07, 6.45) is 4.55. The smallest absolute Gasteiger partial charge is 0.146 e. The molecule has 5 nitrogen and oxygen atoms in total. The van der Waals surface area contributed by atoms with Gasteiger partial charge in [0, 0.05) is 18.4 Å². The standard InChI is InChI=1S/C11H17N5/c1-2-16-11(13-9-14-16)8-15-7-3-4-10(15)5-6-12/h3-4,7,9H,2,5-6,8,12H2,1H3. The maximum atomic E-state index is 5.57. The van der Waals surface area contributed by atoms with Crippen LogP contribution in [0.4, 0.5) is 0 Å². The Kier molecular flexibility index (Phi) is 3.36. The van der Waals surface area contributed by atoms with Crippen LogP contribution in [0.3, 0.4) is 0 Å². The van der Waals surface area contributed by atoms with Crippen molar-refractivity contribution in [3.05, 3.63) is 36.2 Å². The summed E-state index contributed by atoms with van der Waals surface area (Å²) in [7, 11) is 0. The van der Waals surface area contributed by atoms with Crippen LogP contribution in [-0.4, -0.2) is 25.9 Å². The number of nitrogens with zero attached hydrogens (tertiary/aromatic N) is 4. The zero-order valence-electron chi connectivity index (χ0n) is 9.50. The Hall–Kier alpha value is -1.62. The predicted octanol–water partition coefficient (Wildman–Crippen LogP) is 0.649. The number of hydrogen-bond acceptors (Lipinski definition) is 3. The van der Waals surface area contributed by atoms with Crippen LogP contribution in [0.25, 0.3) is 0 Å². The summed E-state index contributed by atoms with van der Waals surface area (Å²) in [5, 5.41) is 4.16. The monoisotopic (exact) mass is 219 g/mol. The molecule has 0 aromatic carbocycles. The second-order valence-corrected chi connectivity index (χ2v) is 3.66. The molecule has 2 heterocycles. The van der Waals surface area contributed by atoms with Crippen LogP contribution in [0.1, 0.15) is 18.4 Å². The van der Waals surface area contributed by atoms with E-state index in [2.05, 4.69) is 33.8 Å². The van der Waals surface area contributed by atoms with Crippen molar-refractivity contribution in [2.75, 3.05) is 6.54 Å². The third kappa shape index (κ3) is 2.14. The van der Waals surface area contributed by atoms with Gasteiger partial charge in [0.25, 0.3) is 0 Å². The highest BCUT2D eigenvalue weighted by Crippen LogP contribution is 2.06. The van der Waals surface area contributed by atoms with Crippen LogP contribution in [0.15, 0.2) is 24.7 Å². The van der Waals surface area contributed by atoms with E-state index in [0.29, 0.717) is 6.54 Å². The van der Waals surface area contributed by atoms with E-state index < -0.39 is 0 Å². The molecule has 0 saturated carbocycles. The second kappa shape index (κ2) is 4.94. The fraction of sp³-hybridized carbons (Fsp3) is 0.455. The fourth-order valence-corrected chi connectivity index (χ4v) is 1.81. The highest BCUT2D eigenvalue weighted by molar-refractivity contribution is 5.09. The van der Waals surface area contributed by atoms with Gasteiger partial charge >= 0.3 is 0 Å². The fourth-order valence-electron chi connectivity index (χ4n) is 1.81. The van der Waals surface area contributed by atoms with Gasteiger partial charge in [-0.2, -0.15) is 5.10 Å². The predicted molar refractivity (Wildman–Crippen MR) is 62.0 cm³/mol. The molecule has 2 rings (SSSR count). The number of rotatable bonds is 5. The molecule has 0 aliphatic heterocycles. The summed E-state index contributed by atoms with van der Waals surface area (Å²) >= 11 is 0. The van der Waals surface area contributed by atoms with Crippen LogP contribution >= 0.6 is 0 Å². The van der Waals surface area contributed by atoms with Crippen molar-refractivity contribution in [2.45, 2.75) is 26.4 Å². The average molecular weight is 219 g/mol. The number of hydrogen-bond donors (Lipinski definition) is 1. The van der Waals surface area contributed by atoms with Crippen LogP contribution in [0.2, 0.25) is 0 Å². The minimum absolute atomic E-state index is 0.671. The molecule has 0 unspecified atom stereocenters. The molecule has 0 atom stereocenters. The van der Waals surface area contributed by atoms with E-state index in [9.17, 15) is 0 Å². The molecule has 16 heavy (non-hydrogen) atoms. The lowest BCUT2D eigenvalue weighted by atomic mass is 10.3. The van der Waals surface area contributed by atoms with E-state index in [4.69, 9.17) is 5.73 Å². The summed E-state index contributed by atoms with van der Waals surface area (Å²) in [4.78, 5) is 4.26.